The highest BCUT2D eigenvalue weighted by Crippen LogP contribution is 2.09. The highest BCUT2D eigenvalue weighted by Gasteiger charge is 2.25. The molecule has 4 heteroatoms. The highest BCUT2D eigenvalue weighted by molar-refractivity contribution is 5.69. The lowest BCUT2D eigenvalue weighted by atomic mass is 10.0. The molecule has 0 saturated carbocycles. The highest BCUT2D eigenvalue weighted by atomic mass is 16.5. The van der Waals surface area contributed by atoms with Crippen molar-refractivity contribution in [2.24, 2.45) is 5.92 Å². The molecule has 1 atom stereocenters. The monoisotopic (exact) mass is 204 g/mol. The predicted octanol–water partition coefficient (Wildman–Crippen LogP) is 0.708. The molecule has 0 heterocycles. The van der Waals surface area contributed by atoms with Gasteiger partial charge in [0.05, 0.1) is 5.60 Å². The van der Waals surface area contributed by atoms with Crippen LogP contribution in [-0.2, 0) is 9.53 Å². The zero-order chi connectivity index (χ0) is 11.4. The van der Waals surface area contributed by atoms with Crippen LogP contribution in [0, 0.1) is 5.92 Å². The van der Waals surface area contributed by atoms with Gasteiger partial charge in [-0.15, -0.1) is 0 Å². The van der Waals surface area contributed by atoms with Crippen LogP contribution >= 0.6 is 0 Å². The first-order chi connectivity index (χ1) is 6.23. The summed E-state index contributed by atoms with van der Waals surface area (Å²) in [5.41, 5.74) is -1.24. The van der Waals surface area contributed by atoms with Crippen molar-refractivity contribution >= 4 is 5.97 Å². The standard InChI is InChI=1S/C10H20O4/c1-7(2)5-9(12)14-6-8(11)10(3,4)13/h7-8,11,13H,5-6H2,1-4H3. The van der Waals surface area contributed by atoms with Gasteiger partial charge in [-0.1, -0.05) is 13.8 Å². The maximum absolute atomic E-state index is 11.1. The minimum absolute atomic E-state index is 0.158. The Morgan fingerprint density at radius 3 is 2.29 bits per heavy atom. The smallest absolute Gasteiger partial charge is 0.306 e. The first kappa shape index (κ1) is 13.4. The lowest BCUT2D eigenvalue weighted by Gasteiger charge is -2.23. The second kappa shape index (κ2) is 5.32. The number of rotatable bonds is 5. The second-order valence-electron chi connectivity index (χ2n) is 4.45. The third-order valence-electron chi connectivity index (χ3n) is 1.79. The van der Waals surface area contributed by atoms with Crippen LogP contribution in [0.25, 0.3) is 0 Å². The summed E-state index contributed by atoms with van der Waals surface area (Å²) < 4.78 is 4.79. The molecule has 0 aliphatic carbocycles. The Morgan fingerprint density at radius 1 is 1.43 bits per heavy atom. The maximum Gasteiger partial charge on any atom is 0.306 e. The van der Waals surface area contributed by atoms with Gasteiger partial charge in [0.25, 0.3) is 0 Å². The van der Waals surface area contributed by atoms with Gasteiger partial charge < -0.3 is 14.9 Å². The molecule has 0 bridgehead atoms. The summed E-state index contributed by atoms with van der Waals surface area (Å²) in [4.78, 5) is 11.1. The topological polar surface area (TPSA) is 66.8 Å². The Kier molecular flexibility index (Phi) is 5.08. The molecule has 0 radical (unpaired) electrons. The molecule has 0 aromatic carbocycles. The summed E-state index contributed by atoms with van der Waals surface area (Å²) in [6.07, 6.45) is -0.711. The molecule has 0 rings (SSSR count). The van der Waals surface area contributed by atoms with E-state index in [0.717, 1.165) is 0 Å². The zero-order valence-corrected chi connectivity index (χ0v) is 9.28. The fourth-order valence-electron chi connectivity index (χ4n) is 0.768. The van der Waals surface area contributed by atoms with Gasteiger partial charge in [0.1, 0.15) is 12.7 Å². The third kappa shape index (κ3) is 5.94. The molecule has 84 valence electrons. The van der Waals surface area contributed by atoms with Crippen LogP contribution in [0.1, 0.15) is 34.1 Å². The average molecular weight is 204 g/mol. The van der Waals surface area contributed by atoms with Crippen LogP contribution < -0.4 is 0 Å². The minimum atomic E-state index is -1.24. The average Bonchev–Trinajstić information content (AvgIpc) is 1.96. The van der Waals surface area contributed by atoms with Gasteiger partial charge in [-0.3, -0.25) is 4.79 Å². The van der Waals surface area contributed by atoms with Crippen molar-refractivity contribution in [3.63, 3.8) is 0 Å². The van der Waals surface area contributed by atoms with E-state index in [9.17, 15) is 15.0 Å². The van der Waals surface area contributed by atoms with Gasteiger partial charge in [-0.25, -0.2) is 0 Å². The fraction of sp³-hybridized carbons (Fsp3) is 0.900. The summed E-state index contributed by atoms with van der Waals surface area (Å²) in [7, 11) is 0. The molecular weight excluding hydrogens is 184 g/mol. The van der Waals surface area contributed by atoms with Gasteiger partial charge in [-0.05, 0) is 19.8 Å². The predicted molar refractivity (Wildman–Crippen MR) is 52.7 cm³/mol. The maximum atomic E-state index is 11.1. The fourth-order valence-corrected chi connectivity index (χ4v) is 0.768. The Hall–Kier alpha value is -0.610. The van der Waals surface area contributed by atoms with E-state index in [1.54, 1.807) is 0 Å². The number of ether oxygens (including phenoxy) is 1. The lowest BCUT2D eigenvalue weighted by Crippen LogP contribution is -2.39. The molecule has 0 aromatic heterocycles. The minimum Gasteiger partial charge on any atom is -0.463 e. The number of carbonyl (C=O) groups is 1. The second-order valence-corrected chi connectivity index (χ2v) is 4.45. The van der Waals surface area contributed by atoms with Crippen LogP contribution in [0.5, 0.6) is 0 Å². The van der Waals surface area contributed by atoms with E-state index in [2.05, 4.69) is 0 Å². The molecule has 0 fully saturated rings. The van der Waals surface area contributed by atoms with Gasteiger partial charge in [-0.2, -0.15) is 0 Å². The molecule has 0 aliphatic heterocycles. The van der Waals surface area contributed by atoms with E-state index in [1.165, 1.54) is 13.8 Å². The summed E-state index contributed by atoms with van der Waals surface area (Å²) in [5.74, 6) is -0.106. The van der Waals surface area contributed by atoms with Crippen molar-refractivity contribution in [1.82, 2.24) is 0 Å². The van der Waals surface area contributed by atoms with E-state index in [-0.39, 0.29) is 18.5 Å². The summed E-state index contributed by atoms with van der Waals surface area (Å²) in [6, 6.07) is 0. The first-order valence-corrected chi connectivity index (χ1v) is 4.79. The van der Waals surface area contributed by atoms with Crippen LogP contribution in [0.2, 0.25) is 0 Å². The van der Waals surface area contributed by atoms with Gasteiger partial charge >= 0.3 is 5.97 Å². The van der Waals surface area contributed by atoms with E-state index < -0.39 is 11.7 Å². The van der Waals surface area contributed by atoms with Crippen LogP contribution in [0.3, 0.4) is 0 Å². The molecule has 0 saturated heterocycles. The van der Waals surface area contributed by atoms with Crippen molar-refractivity contribution in [2.75, 3.05) is 6.61 Å². The van der Waals surface area contributed by atoms with Crippen LogP contribution in [0.15, 0.2) is 0 Å². The first-order valence-electron chi connectivity index (χ1n) is 4.79. The van der Waals surface area contributed by atoms with Gasteiger partial charge in [0.2, 0.25) is 0 Å². The Morgan fingerprint density at radius 2 is 1.93 bits per heavy atom. The molecule has 14 heavy (non-hydrogen) atoms. The lowest BCUT2D eigenvalue weighted by molar-refractivity contribution is -0.153. The number of aliphatic hydroxyl groups is 2. The largest absolute Gasteiger partial charge is 0.463 e. The quantitative estimate of drug-likeness (QED) is 0.647. The summed E-state index contributed by atoms with van der Waals surface area (Å²) >= 11 is 0. The van der Waals surface area contributed by atoms with Crippen molar-refractivity contribution in [2.45, 2.75) is 45.8 Å². The summed E-state index contributed by atoms with van der Waals surface area (Å²) in [5, 5.41) is 18.7. The molecule has 0 spiro atoms. The van der Waals surface area contributed by atoms with E-state index >= 15 is 0 Å². The molecule has 0 aromatic rings. The molecule has 4 nitrogen and oxygen atoms in total. The summed E-state index contributed by atoms with van der Waals surface area (Å²) in [6.45, 7) is 6.60. The number of hydrogen-bond donors (Lipinski definition) is 2. The van der Waals surface area contributed by atoms with Gasteiger partial charge in [0.15, 0.2) is 0 Å². The Balaban J connectivity index is 3.78. The molecule has 0 amide bonds. The van der Waals surface area contributed by atoms with Crippen LogP contribution in [0.4, 0.5) is 0 Å². The molecule has 1 unspecified atom stereocenters. The molecule has 2 N–H and O–H groups in total. The number of esters is 1. The number of hydrogen-bond acceptors (Lipinski definition) is 4. The number of carbonyl (C=O) groups excluding carboxylic acids is 1. The third-order valence-corrected chi connectivity index (χ3v) is 1.79. The van der Waals surface area contributed by atoms with Crippen molar-refractivity contribution < 1.29 is 19.7 Å². The van der Waals surface area contributed by atoms with Crippen molar-refractivity contribution in [1.29, 1.82) is 0 Å². The van der Waals surface area contributed by atoms with E-state index in [1.807, 2.05) is 13.8 Å². The van der Waals surface area contributed by atoms with E-state index in [4.69, 9.17) is 4.74 Å². The van der Waals surface area contributed by atoms with Crippen molar-refractivity contribution in [3.8, 4) is 0 Å². The normalized spacial score (nSPS) is 14.2. The molecular formula is C10H20O4. The van der Waals surface area contributed by atoms with Crippen molar-refractivity contribution in [3.05, 3.63) is 0 Å². The SMILES string of the molecule is CC(C)CC(=O)OCC(O)C(C)(C)O. The van der Waals surface area contributed by atoms with Gasteiger partial charge in [0, 0.05) is 6.42 Å². The molecule has 0 aliphatic rings. The Labute approximate surface area is 84.9 Å². The van der Waals surface area contributed by atoms with E-state index in [0.29, 0.717) is 6.42 Å². The zero-order valence-electron chi connectivity index (χ0n) is 9.28. The Bertz CT molecular complexity index is 181. The number of aliphatic hydroxyl groups excluding tert-OH is 1. The van der Waals surface area contributed by atoms with Crippen LogP contribution in [-0.4, -0.2) is 34.5 Å².